The van der Waals surface area contributed by atoms with Crippen molar-refractivity contribution in [3.8, 4) is 5.75 Å². The fraction of sp³-hybridized carbons (Fsp3) is 0.579. The van der Waals surface area contributed by atoms with E-state index in [9.17, 15) is 18.0 Å². The summed E-state index contributed by atoms with van der Waals surface area (Å²) in [5.74, 6) is -0.0478. The monoisotopic (exact) mass is 409 g/mol. The Morgan fingerprint density at radius 1 is 1.11 bits per heavy atom. The van der Waals surface area contributed by atoms with E-state index in [1.807, 2.05) is 0 Å². The average molecular weight is 410 g/mol. The number of ether oxygens (including phenoxy) is 1. The molecule has 1 aromatic rings. The van der Waals surface area contributed by atoms with Crippen LogP contribution in [0.15, 0.2) is 23.1 Å². The van der Waals surface area contributed by atoms with Gasteiger partial charge in [-0.25, -0.2) is 8.42 Å². The lowest BCUT2D eigenvalue weighted by molar-refractivity contribution is -0.131. The van der Waals surface area contributed by atoms with Gasteiger partial charge in [0, 0.05) is 26.1 Å². The maximum absolute atomic E-state index is 13.0. The third-order valence-electron chi connectivity index (χ3n) is 5.15. The van der Waals surface area contributed by atoms with E-state index in [1.54, 1.807) is 6.07 Å². The summed E-state index contributed by atoms with van der Waals surface area (Å²) in [6.07, 6.45) is 4.97. The first-order valence-corrected chi connectivity index (χ1v) is 11.1. The molecule has 2 amide bonds. The van der Waals surface area contributed by atoms with E-state index in [4.69, 9.17) is 4.74 Å². The second-order valence-corrected chi connectivity index (χ2v) is 9.09. The molecule has 1 N–H and O–H groups in total. The molecular formula is C19H27N3O5S. The van der Waals surface area contributed by atoms with Crippen LogP contribution in [0.1, 0.15) is 38.5 Å². The topological polar surface area (TPSA) is 96.0 Å². The van der Waals surface area contributed by atoms with Crippen LogP contribution in [0.5, 0.6) is 5.75 Å². The lowest BCUT2D eigenvalue weighted by Crippen LogP contribution is -2.34. The lowest BCUT2D eigenvalue weighted by atomic mass is 10.2. The van der Waals surface area contributed by atoms with Crippen molar-refractivity contribution in [2.45, 2.75) is 43.4 Å². The van der Waals surface area contributed by atoms with E-state index in [-0.39, 0.29) is 28.9 Å². The Bertz CT molecular complexity index is 832. The highest BCUT2D eigenvalue weighted by atomic mass is 32.2. The zero-order valence-corrected chi connectivity index (χ0v) is 17.0. The highest BCUT2D eigenvalue weighted by Gasteiger charge is 2.27. The van der Waals surface area contributed by atoms with Crippen molar-refractivity contribution < 1.29 is 22.7 Å². The Kier molecular flexibility index (Phi) is 6.56. The number of likely N-dealkylation sites (tertiary alicyclic amines) is 1. The number of hydrogen-bond acceptors (Lipinski definition) is 5. The van der Waals surface area contributed by atoms with Gasteiger partial charge in [0.05, 0.1) is 24.2 Å². The Labute approximate surface area is 165 Å². The predicted molar refractivity (Wildman–Crippen MR) is 105 cm³/mol. The van der Waals surface area contributed by atoms with E-state index < -0.39 is 10.0 Å². The van der Waals surface area contributed by atoms with Crippen LogP contribution < -0.4 is 10.1 Å². The molecule has 3 rings (SSSR count). The molecule has 0 unspecified atom stereocenters. The van der Waals surface area contributed by atoms with Crippen LogP contribution >= 0.6 is 0 Å². The van der Waals surface area contributed by atoms with Crippen molar-refractivity contribution in [3.63, 3.8) is 0 Å². The van der Waals surface area contributed by atoms with Gasteiger partial charge in [-0.15, -0.1) is 0 Å². The molecule has 1 aromatic carbocycles. The van der Waals surface area contributed by atoms with Crippen molar-refractivity contribution in [2.75, 3.05) is 38.6 Å². The van der Waals surface area contributed by atoms with Gasteiger partial charge in [0.2, 0.25) is 21.8 Å². The van der Waals surface area contributed by atoms with Crippen LogP contribution in [0.3, 0.4) is 0 Å². The lowest BCUT2D eigenvalue weighted by Gasteiger charge is -2.21. The maximum Gasteiger partial charge on any atom is 0.244 e. The number of nitrogens with zero attached hydrogens (tertiary/aromatic N) is 2. The van der Waals surface area contributed by atoms with Crippen LogP contribution in [0.2, 0.25) is 0 Å². The molecule has 0 saturated carbocycles. The number of methoxy groups -OCH3 is 1. The highest BCUT2D eigenvalue weighted by Crippen LogP contribution is 2.30. The number of carbonyl (C=O) groups is 2. The SMILES string of the molecule is COc1ccc(S(=O)(=O)N2CCCCCC2)cc1NC(=O)CN1CCCC1=O. The number of benzene rings is 1. The summed E-state index contributed by atoms with van der Waals surface area (Å²) in [5, 5.41) is 2.70. The van der Waals surface area contributed by atoms with Crippen LogP contribution in [0, 0.1) is 0 Å². The summed E-state index contributed by atoms with van der Waals surface area (Å²) in [7, 11) is -2.18. The van der Waals surface area contributed by atoms with Gasteiger partial charge in [-0.3, -0.25) is 9.59 Å². The summed E-state index contributed by atoms with van der Waals surface area (Å²) in [6.45, 7) is 1.53. The minimum Gasteiger partial charge on any atom is -0.495 e. The minimum atomic E-state index is -3.64. The molecule has 0 aromatic heterocycles. The Hall–Kier alpha value is -2.13. The first-order chi connectivity index (χ1) is 13.4. The molecule has 2 fully saturated rings. The molecule has 9 heteroatoms. The molecular weight excluding hydrogens is 382 g/mol. The average Bonchev–Trinajstić information content (AvgIpc) is 2.91. The normalized spacial score (nSPS) is 18.8. The van der Waals surface area contributed by atoms with Gasteiger partial charge in [0.25, 0.3) is 0 Å². The predicted octanol–water partition coefficient (Wildman–Crippen LogP) is 1.82. The number of amides is 2. The second-order valence-electron chi connectivity index (χ2n) is 7.15. The van der Waals surface area contributed by atoms with Crippen molar-refractivity contribution in [2.24, 2.45) is 0 Å². The third kappa shape index (κ3) is 4.64. The largest absolute Gasteiger partial charge is 0.495 e. The van der Waals surface area contributed by atoms with Crippen molar-refractivity contribution in [1.29, 1.82) is 0 Å². The molecule has 8 nitrogen and oxygen atoms in total. The molecule has 0 spiro atoms. The summed E-state index contributed by atoms with van der Waals surface area (Å²) >= 11 is 0. The number of carbonyl (C=O) groups excluding carboxylic acids is 2. The van der Waals surface area contributed by atoms with Crippen LogP contribution in [-0.4, -0.2) is 62.7 Å². The summed E-state index contributed by atoms with van der Waals surface area (Å²) in [6, 6.07) is 4.47. The molecule has 0 atom stereocenters. The molecule has 0 aliphatic carbocycles. The van der Waals surface area contributed by atoms with Crippen molar-refractivity contribution >= 4 is 27.5 Å². The quantitative estimate of drug-likeness (QED) is 0.773. The molecule has 154 valence electrons. The molecule has 2 saturated heterocycles. The second kappa shape index (κ2) is 8.91. The number of sulfonamides is 1. The minimum absolute atomic E-state index is 0.0420. The van der Waals surface area contributed by atoms with Crippen LogP contribution in [0.25, 0.3) is 0 Å². The standard InChI is InChI=1S/C19H27N3O5S/c1-27-17-9-8-15(28(25,26)22-11-4-2-3-5-12-22)13-16(17)20-18(23)14-21-10-6-7-19(21)24/h8-9,13H,2-7,10-12,14H2,1H3,(H,20,23). The third-order valence-corrected chi connectivity index (χ3v) is 7.05. The Morgan fingerprint density at radius 3 is 2.43 bits per heavy atom. The molecule has 28 heavy (non-hydrogen) atoms. The number of anilines is 1. The fourth-order valence-electron chi connectivity index (χ4n) is 3.61. The van der Waals surface area contributed by atoms with E-state index in [2.05, 4.69) is 5.32 Å². The van der Waals surface area contributed by atoms with Gasteiger partial charge in [0.1, 0.15) is 5.75 Å². The number of hydrogen-bond donors (Lipinski definition) is 1. The molecule has 0 radical (unpaired) electrons. The molecule has 2 aliphatic rings. The molecule has 2 aliphatic heterocycles. The van der Waals surface area contributed by atoms with Crippen LogP contribution in [-0.2, 0) is 19.6 Å². The molecule has 0 bridgehead atoms. The van der Waals surface area contributed by atoms with Crippen molar-refractivity contribution in [1.82, 2.24) is 9.21 Å². The van der Waals surface area contributed by atoms with E-state index in [1.165, 1.54) is 28.4 Å². The fourth-order valence-corrected chi connectivity index (χ4v) is 5.15. The summed E-state index contributed by atoms with van der Waals surface area (Å²) in [4.78, 5) is 25.7. The zero-order chi connectivity index (χ0) is 20.1. The maximum atomic E-state index is 13.0. The van der Waals surface area contributed by atoms with E-state index in [0.717, 1.165) is 32.1 Å². The van der Waals surface area contributed by atoms with Gasteiger partial charge < -0.3 is 15.0 Å². The Morgan fingerprint density at radius 2 is 1.82 bits per heavy atom. The summed E-state index contributed by atoms with van der Waals surface area (Å²) in [5.41, 5.74) is 0.287. The van der Waals surface area contributed by atoms with Gasteiger partial charge in [0.15, 0.2) is 0 Å². The van der Waals surface area contributed by atoms with Gasteiger partial charge in [-0.1, -0.05) is 12.8 Å². The molecule has 2 heterocycles. The summed E-state index contributed by atoms with van der Waals surface area (Å²) < 4.78 is 32.8. The highest BCUT2D eigenvalue weighted by molar-refractivity contribution is 7.89. The zero-order valence-electron chi connectivity index (χ0n) is 16.1. The van der Waals surface area contributed by atoms with E-state index in [0.29, 0.717) is 31.8 Å². The van der Waals surface area contributed by atoms with Gasteiger partial charge in [-0.2, -0.15) is 4.31 Å². The van der Waals surface area contributed by atoms with Crippen molar-refractivity contribution in [3.05, 3.63) is 18.2 Å². The first kappa shape index (κ1) is 20.6. The number of nitrogens with one attached hydrogen (secondary N) is 1. The van der Waals surface area contributed by atoms with Gasteiger partial charge >= 0.3 is 0 Å². The Balaban J connectivity index is 1.79. The van der Waals surface area contributed by atoms with Crippen LogP contribution in [0.4, 0.5) is 5.69 Å². The smallest absolute Gasteiger partial charge is 0.244 e. The number of rotatable bonds is 6. The van der Waals surface area contributed by atoms with E-state index >= 15 is 0 Å². The first-order valence-electron chi connectivity index (χ1n) is 9.67. The van der Waals surface area contributed by atoms with Gasteiger partial charge in [-0.05, 0) is 37.5 Å².